The van der Waals surface area contributed by atoms with Gasteiger partial charge in [0.25, 0.3) is 0 Å². The van der Waals surface area contributed by atoms with Gasteiger partial charge in [0.2, 0.25) is 0 Å². The second-order valence-corrected chi connectivity index (χ2v) is 8.78. The molecule has 0 N–H and O–H groups in total. The normalized spacial score (nSPS) is 10.2. The van der Waals surface area contributed by atoms with Crippen LogP contribution in [0.2, 0.25) is 0 Å². The minimum Gasteiger partial charge on any atom is -0.0683 e. The highest BCUT2D eigenvalue weighted by molar-refractivity contribution is 5.40. The Kier molecular flexibility index (Phi) is 19.3. The molecular weight excluding hydrogens is 300 g/mol. The molecule has 0 heterocycles. The van der Waals surface area contributed by atoms with E-state index in [2.05, 4.69) is 101 Å². The Morgan fingerprint density at radius 2 is 0.720 bits per heavy atom. The minimum atomic E-state index is 0.626. The fourth-order valence-electron chi connectivity index (χ4n) is 2.28. The third kappa shape index (κ3) is 16.4. The standard InChI is InChI=1S/C15H24.2C4H10.C2H6/c1-10(2)13-8-7-9-14(11(3)4)15(13)12(5)6;2*1-4(2)3;1-2/h7-12H,1-6H3;2*4H,1-3H3;1-2H3. The zero-order chi connectivity index (χ0) is 20.7. The smallest absolute Gasteiger partial charge is 0.0213 e. The fraction of sp³-hybridized carbons (Fsp3) is 0.760. The lowest BCUT2D eigenvalue weighted by atomic mass is 9.83. The van der Waals surface area contributed by atoms with Gasteiger partial charge in [-0.05, 0) is 46.3 Å². The molecule has 0 unspecified atom stereocenters. The third-order valence-corrected chi connectivity index (χ3v) is 2.99. The summed E-state index contributed by atoms with van der Waals surface area (Å²) in [7, 11) is 0. The van der Waals surface area contributed by atoms with Crippen molar-refractivity contribution in [2.24, 2.45) is 11.8 Å². The number of rotatable bonds is 3. The molecule has 25 heavy (non-hydrogen) atoms. The van der Waals surface area contributed by atoms with Crippen LogP contribution in [0.4, 0.5) is 0 Å². The molecule has 0 aliphatic rings. The number of benzene rings is 1. The summed E-state index contributed by atoms with van der Waals surface area (Å²) < 4.78 is 0. The van der Waals surface area contributed by atoms with Crippen molar-refractivity contribution >= 4 is 0 Å². The zero-order valence-corrected chi connectivity index (χ0v) is 20.1. The molecule has 1 aromatic rings. The van der Waals surface area contributed by atoms with Gasteiger partial charge in [0, 0.05) is 0 Å². The van der Waals surface area contributed by atoms with E-state index in [-0.39, 0.29) is 0 Å². The fourth-order valence-corrected chi connectivity index (χ4v) is 2.28. The molecule has 0 aliphatic carbocycles. The highest BCUT2D eigenvalue weighted by atomic mass is 14.2. The molecule has 0 heteroatoms. The molecule has 0 aromatic heterocycles. The first-order valence-corrected chi connectivity index (χ1v) is 10.5. The van der Waals surface area contributed by atoms with Gasteiger partial charge >= 0.3 is 0 Å². The van der Waals surface area contributed by atoms with Gasteiger partial charge < -0.3 is 0 Å². The van der Waals surface area contributed by atoms with Crippen LogP contribution in [-0.4, -0.2) is 0 Å². The van der Waals surface area contributed by atoms with Crippen molar-refractivity contribution in [3.8, 4) is 0 Å². The molecule has 0 amide bonds. The summed E-state index contributed by atoms with van der Waals surface area (Å²) >= 11 is 0. The molecule has 0 spiro atoms. The maximum atomic E-state index is 2.30. The van der Waals surface area contributed by atoms with Crippen LogP contribution in [0.3, 0.4) is 0 Å². The van der Waals surface area contributed by atoms with Crippen LogP contribution < -0.4 is 0 Å². The van der Waals surface area contributed by atoms with E-state index in [0.29, 0.717) is 17.8 Å². The molecule has 0 saturated carbocycles. The van der Waals surface area contributed by atoms with Crippen LogP contribution in [0.1, 0.15) is 131 Å². The Bertz CT molecular complexity index is 357. The summed E-state index contributed by atoms with van der Waals surface area (Å²) in [6.07, 6.45) is 0. The summed E-state index contributed by atoms with van der Waals surface area (Å²) in [5, 5.41) is 0. The second kappa shape index (κ2) is 16.7. The van der Waals surface area contributed by atoms with Crippen molar-refractivity contribution in [3.05, 3.63) is 34.9 Å². The van der Waals surface area contributed by atoms with Gasteiger partial charge in [-0.2, -0.15) is 0 Å². The van der Waals surface area contributed by atoms with E-state index in [1.165, 1.54) is 11.1 Å². The van der Waals surface area contributed by atoms with Crippen LogP contribution in [0, 0.1) is 11.8 Å². The highest BCUT2D eigenvalue weighted by Crippen LogP contribution is 2.32. The van der Waals surface area contributed by atoms with E-state index in [4.69, 9.17) is 0 Å². The Balaban J connectivity index is -0.000000402. The highest BCUT2D eigenvalue weighted by Gasteiger charge is 2.15. The van der Waals surface area contributed by atoms with E-state index in [9.17, 15) is 0 Å². The van der Waals surface area contributed by atoms with Crippen molar-refractivity contribution < 1.29 is 0 Å². The van der Waals surface area contributed by atoms with Crippen molar-refractivity contribution in [1.82, 2.24) is 0 Å². The van der Waals surface area contributed by atoms with Gasteiger partial charge in [0.05, 0.1) is 0 Å². The second-order valence-electron chi connectivity index (χ2n) is 8.78. The molecule has 0 radical (unpaired) electrons. The quantitative estimate of drug-likeness (QED) is 0.509. The van der Waals surface area contributed by atoms with Gasteiger partial charge in [0.1, 0.15) is 0 Å². The minimum absolute atomic E-state index is 0.626. The van der Waals surface area contributed by atoms with Gasteiger partial charge in [-0.25, -0.2) is 0 Å². The molecule has 0 bridgehead atoms. The molecule has 0 atom stereocenters. The largest absolute Gasteiger partial charge is 0.0683 e. The molecule has 1 rings (SSSR count). The Hall–Kier alpha value is -0.780. The van der Waals surface area contributed by atoms with Crippen molar-refractivity contribution in [2.45, 2.75) is 115 Å². The Morgan fingerprint density at radius 1 is 0.480 bits per heavy atom. The van der Waals surface area contributed by atoms with E-state index >= 15 is 0 Å². The van der Waals surface area contributed by atoms with Crippen LogP contribution in [0.25, 0.3) is 0 Å². The van der Waals surface area contributed by atoms with Gasteiger partial charge in [-0.1, -0.05) is 115 Å². The predicted octanol–water partition coefficient (Wildman–Crippen LogP) is 9.41. The molecule has 0 saturated heterocycles. The van der Waals surface area contributed by atoms with Crippen LogP contribution in [-0.2, 0) is 0 Å². The lowest BCUT2D eigenvalue weighted by Gasteiger charge is -2.22. The monoisotopic (exact) mass is 350 g/mol. The SMILES string of the molecule is CC.CC(C)C.CC(C)C.CC(C)c1cccc(C(C)C)c1C(C)C. The van der Waals surface area contributed by atoms with Crippen LogP contribution in [0.5, 0.6) is 0 Å². The van der Waals surface area contributed by atoms with Gasteiger partial charge in [-0.15, -0.1) is 0 Å². The van der Waals surface area contributed by atoms with Gasteiger partial charge in [-0.3, -0.25) is 0 Å². The third-order valence-electron chi connectivity index (χ3n) is 2.99. The summed E-state index contributed by atoms with van der Waals surface area (Å²) in [5.74, 6) is 3.54. The maximum Gasteiger partial charge on any atom is -0.0213 e. The first-order valence-electron chi connectivity index (χ1n) is 10.5. The zero-order valence-electron chi connectivity index (χ0n) is 20.1. The molecule has 0 fully saturated rings. The Morgan fingerprint density at radius 3 is 0.880 bits per heavy atom. The summed E-state index contributed by atoms with van der Waals surface area (Å²) in [6.45, 7) is 30.7. The lowest BCUT2D eigenvalue weighted by molar-refractivity contribution is 0.736. The molecule has 150 valence electrons. The van der Waals surface area contributed by atoms with Crippen LogP contribution in [0.15, 0.2) is 18.2 Å². The number of hydrogen-bond acceptors (Lipinski definition) is 0. The predicted molar refractivity (Wildman–Crippen MR) is 121 cm³/mol. The first-order chi connectivity index (χ1) is 11.4. The average Bonchev–Trinajstić information content (AvgIpc) is 2.47. The van der Waals surface area contributed by atoms with Crippen molar-refractivity contribution in [2.75, 3.05) is 0 Å². The topological polar surface area (TPSA) is 0 Å². The molecular formula is C25H50. The van der Waals surface area contributed by atoms with E-state index in [1.54, 1.807) is 5.56 Å². The molecule has 1 aromatic carbocycles. The first kappa shape index (κ1) is 29.0. The summed E-state index contributed by atoms with van der Waals surface area (Å²) in [5.41, 5.74) is 4.62. The van der Waals surface area contributed by atoms with E-state index < -0.39 is 0 Å². The lowest BCUT2D eigenvalue weighted by Crippen LogP contribution is -2.04. The molecule has 0 nitrogen and oxygen atoms in total. The van der Waals surface area contributed by atoms with Crippen molar-refractivity contribution in [1.29, 1.82) is 0 Å². The van der Waals surface area contributed by atoms with Gasteiger partial charge in [0.15, 0.2) is 0 Å². The van der Waals surface area contributed by atoms with Crippen LogP contribution >= 0.6 is 0 Å². The Labute approximate surface area is 161 Å². The summed E-state index contributed by atoms with van der Waals surface area (Å²) in [6, 6.07) is 6.77. The van der Waals surface area contributed by atoms with Crippen molar-refractivity contribution in [3.63, 3.8) is 0 Å². The average molecular weight is 351 g/mol. The number of hydrogen-bond donors (Lipinski definition) is 0. The summed E-state index contributed by atoms with van der Waals surface area (Å²) in [4.78, 5) is 0. The molecule has 0 aliphatic heterocycles. The van der Waals surface area contributed by atoms with E-state index in [1.807, 2.05) is 13.8 Å². The van der Waals surface area contributed by atoms with E-state index in [0.717, 1.165) is 11.8 Å². The maximum absolute atomic E-state index is 2.30.